The van der Waals surface area contributed by atoms with Crippen LogP contribution in [0.3, 0.4) is 0 Å². The van der Waals surface area contributed by atoms with Crippen molar-refractivity contribution < 1.29 is 8.42 Å². The molecule has 102 valence electrons. The number of anilines is 1. The van der Waals surface area contributed by atoms with Crippen molar-refractivity contribution in [2.75, 3.05) is 4.72 Å². The summed E-state index contributed by atoms with van der Waals surface area (Å²) >= 11 is 5.74. The lowest BCUT2D eigenvalue weighted by atomic mass is 10.2. The summed E-state index contributed by atoms with van der Waals surface area (Å²) in [5.74, 6) is 0. The fraction of sp³-hybridized carbons (Fsp3) is 0.0714. The van der Waals surface area contributed by atoms with Gasteiger partial charge in [-0.05, 0) is 42.0 Å². The first kappa shape index (κ1) is 14.4. The molecular weight excluding hydrogens is 296 g/mol. The van der Waals surface area contributed by atoms with Crippen LogP contribution in [0.15, 0.2) is 53.4 Å². The van der Waals surface area contributed by atoms with E-state index in [4.69, 9.17) is 16.9 Å². The molecule has 0 saturated carbocycles. The fourth-order valence-electron chi connectivity index (χ4n) is 1.61. The van der Waals surface area contributed by atoms with E-state index in [0.29, 0.717) is 10.7 Å². The van der Waals surface area contributed by atoms with E-state index in [0.717, 1.165) is 5.56 Å². The topological polar surface area (TPSA) is 70.0 Å². The Labute approximate surface area is 122 Å². The molecule has 0 amide bonds. The molecule has 0 radical (unpaired) electrons. The zero-order valence-corrected chi connectivity index (χ0v) is 11.9. The highest BCUT2D eigenvalue weighted by Gasteiger charge is 2.13. The zero-order valence-electron chi connectivity index (χ0n) is 10.4. The molecule has 2 rings (SSSR count). The smallest absolute Gasteiger partial charge is 0.261 e. The monoisotopic (exact) mass is 306 g/mol. The lowest BCUT2D eigenvalue weighted by Gasteiger charge is -2.08. The Morgan fingerprint density at radius 2 is 1.65 bits per heavy atom. The third-order valence-electron chi connectivity index (χ3n) is 2.61. The van der Waals surface area contributed by atoms with Gasteiger partial charge in [0.25, 0.3) is 10.0 Å². The summed E-state index contributed by atoms with van der Waals surface area (Å²) in [6.07, 6.45) is 0.255. The maximum Gasteiger partial charge on any atom is 0.261 e. The van der Waals surface area contributed by atoms with Gasteiger partial charge >= 0.3 is 0 Å². The van der Waals surface area contributed by atoms with E-state index in [1.54, 1.807) is 36.4 Å². The lowest BCUT2D eigenvalue weighted by Crippen LogP contribution is -2.12. The van der Waals surface area contributed by atoms with Crippen LogP contribution in [0.4, 0.5) is 5.69 Å². The molecule has 2 aromatic carbocycles. The van der Waals surface area contributed by atoms with Crippen molar-refractivity contribution in [3.63, 3.8) is 0 Å². The van der Waals surface area contributed by atoms with Crippen molar-refractivity contribution in [3.8, 4) is 6.07 Å². The molecule has 0 aliphatic heterocycles. The Kier molecular flexibility index (Phi) is 4.28. The van der Waals surface area contributed by atoms with Crippen molar-refractivity contribution in [2.45, 2.75) is 11.3 Å². The van der Waals surface area contributed by atoms with Crippen LogP contribution in [0.2, 0.25) is 5.02 Å². The van der Waals surface area contributed by atoms with Crippen molar-refractivity contribution in [1.29, 1.82) is 5.26 Å². The number of sulfonamides is 1. The summed E-state index contributed by atoms with van der Waals surface area (Å²) < 4.78 is 26.8. The minimum Gasteiger partial charge on any atom is -0.280 e. The molecule has 0 saturated heterocycles. The van der Waals surface area contributed by atoms with E-state index >= 15 is 0 Å². The Morgan fingerprint density at radius 3 is 2.20 bits per heavy atom. The summed E-state index contributed by atoms with van der Waals surface area (Å²) in [5.41, 5.74) is 1.22. The van der Waals surface area contributed by atoms with Gasteiger partial charge in [0, 0.05) is 10.7 Å². The van der Waals surface area contributed by atoms with Crippen LogP contribution in [-0.2, 0) is 16.4 Å². The summed E-state index contributed by atoms with van der Waals surface area (Å²) in [6.45, 7) is 0. The number of nitrogens with zero attached hydrogens (tertiary/aromatic N) is 1. The molecule has 0 aliphatic rings. The molecule has 0 heterocycles. The minimum atomic E-state index is -3.63. The van der Waals surface area contributed by atoms with Gasteiger partial charge in [-0.1, -0.05) is 23.7 Å². The molecule has 20 heavy (non-hydrogen) atoms. The highest BCUT2D eigenvalue weighted by molar-refractivity contribution is 7.92. The molecule has 2 aromatic rings. The second-order valence-electron chi connectivity index (χ2n) is 4.09. The van der Waals surface area contributed by atoms with Crippen molar-refractivity contribution >= 4 is 27.3 Å². The molecule has 0 aliphatic carbocycles. The standard InChI is InChI=1S/C14H11ClN2O2S/c15-12-3-5-13(6-4-12)17-20(18,19)14-7-1-11(2-8-14)9-10-16/h1-8,17H,9H2. The number of nitrogens with one attached hydrogen (secondary N) is 1. The molecule has 6 heteroatoms. The molecular formula is C14H11ClN2O2S. The van der Waals surface area contributed by atoms with Crippen LogP contribution in [0.5, 0.6) is 0 Å². The molecule has 0 spiro atoms. The normalized spacial score (nSPS) is 10.8. The van der Waals surface area contributed by atoms with Crippen molar-refractivity contribution in [1.82, 2.24) is 0 Å². The predicted octanol–water partition coefficient (Wildman–Crippen LogP) is 3.21. The van der Waals surface area contributed by atoms with Crippen LogP contribution in [0.1, 0.15) is 5.56 Å². The average Bonchev–Trinajstić information content (AvgIpc) is 2.42. The number of hydrogen-bond donors (Lipinski definition) is 1. The third kappa shape index (κ3) is 3.50. The predicted molar refractivity (Wildman–Crippen MR) is 78.0 cm³/mol. The number of benzene rings is 2. The maximum atomic E-state index is 12.1. The van der Waals surface area contributed by atoms with E-state index in [2.05, 4.69) is 4.72 Å². The number of rotatable bonds is 4. The highest BCUT2D eigenvalue weighted by atomic mass is 35.5. The van der Waals surface area contributed by atoms with Gasteiger partial charge in [0.05, 0.1) is 17.4 Å². The largest absolute Gasteiger partial charge is 0.280 e. The van der Waals surface area contributed by atoms with Gasteiger partial charge in [-0.2, -0.15) is 5.26 Å². The van der Waals surface area contributed by atoms with E-state index in [1.807, 2.05) is 6.07 Å². The van der Waals surface area contributed by atoms with Crippen LogP contribution < -0.4 is 4.72 Å². The highest BCUT2D eigenvalue weighted by Crippen LogP contribution is 2.18. The molecule has 4 nitrogen and oxygen atoms in total. The third-order valence-corrected chi connectivity index (χ3v) is 4.26. The van der Waals surface area contributed by atoms with Crippen molar-refractivity contribution in [2.24, 2.45) is 0 Å². The lowest BCUT2D eigenvalue weighted by molar-refractivity contribution is 0.601. The molecule has 0 atom stereocenters. The molecule has 0 unspecified atom stereocenters. The van der Waals surface area contributed by atoms with Crippen LogP contribution >= 0.6 is 11.6 Å². The van der Waals surface area contributed by atoms with Crippen molar-refractivity contribution in [3.05, 3.63) is 59.1 Å². The summed E-state index contributed by atoms with van der Waals surface area (Å²) in [7, 11) is -3.63. The Morgan fingerprint density at radius 1 is 1.05 bits per heavy atom. The first-order chi connectivity index (χ1) is 9.51. The van der Waals surface area contributed by atoms with Gasteiger partial charge < -0.3 is 0 Å². The first-order valence-electron chi connectivity index (χ1n) is 5.75. The van der Waals surface area contributed by atoms with Gasteiger partial charge in [0.2, 0.25) is 0 Å². The van der Waals surface area contributed by atoms with Gasteiger partial charge in [-0.25, -0.2) is 8.42 Å². The minimum absolute atomic E-state index is 0.147. The summed E-state index contributed by atoms with van der Waals surface area (Å²) in [4.78, 5) is 0.147. The van der Waals surface area contributed by atoms with E-state index < -0.39 is 10.0 Å². The van der Waals surface area contributed by atoms with Crippen LogP contribution in [-0.4, -0.2) is 8.42 Å². The SMILES string of the molecule is N#CCc1ccc(S(=O)(=O)Nc2ccc(Cl)cc2)cc1. The zero-order chi connectivity index (χ0) is 14.6. The quantitative estimate of drug-likeness (QED) is 0.943. The second-order valence-corrected chi connectivity index (χ2v) is 6.21. The van der Waals surface area contributed by atoms with Gasteiger partial charge in [-0.3, -0.25) is 4.72 Å². The fourth-order valence-corrected chi connectivity index (χ4v) is 2.79. The Bertz CT molecular complexity index is 732. The summed E-state index contributed by atoms with van der Waals surface area (Å²) in [5, 5.41) is 9.11. The molecule has 1 N–H and O–H groups in total. The maximum absolute atomic E-state index is 12.1. The van der Waals surface area contributed by atoms with E-state index in [9.17, 15) is 8.42 Å². The second kappa shape index (κ2) is 5.95. The van der Waals surface area contributed by atoms with E-state index in [1.165, 1.54) is 12.1 Å². The van der Waals surface area contributed by atoms with Crippen LogP contribution in [0, 0.1) is 11.3 Å². The molecule has 0 bridgehead atoms. The Balaban J connectivity index is 2.22. The molecule has 0 aromatic heterocycles. The summed E-state index contributed by atoms with van der Waals surface area (Å²) in [6, 6.07) is 14.6. The first-order valence-corrected chi connectivity index (χ1v) is 7.62. The van der Waals surface area contributed by atoms with Crippen LogP contribution in [0.25, 0.3) is 0 Å². The number of hydrogen-bond acceptors (Lipinski definition) is 3. The average molecular weight is 307 g/mol. The Hall–Kier alpha value is -2.03. The van der Waals surface area contributed by atoms with E-state index in [-0.39, 0.29) is 11.3 Å². The van der Waals surface area contributed by atoms with Gasteiger partial charge in [0.15, 0.2) is 0 Å². The number of nitriles is 1. The van der Waals surface area contributed by atoms with Gasteiger partial charge in [0.1, 0.15) is 0 Å². The van der Waals surface area contributed by atoms with Gasteiger partial charge in [-0.15, -0.1) is 0 Å². The number of halogens is 1. The molecule has 0 fully saturated rings.